The Morgan fingerprint density at radius 3 is 1.95 bits per heavy atom. The average molecular weight is 275 g/mol. The molecule has 0 amide bonds. The summed E-state index contributed by atoms with van der Waals surface area (Å²) in [4.78, 5) is 13.1. The summed E-state index contributed by atoms with van der Waals surface area (Å²) in [6.07, 6.45) is 2.35. The zero-order valence-electron chi connectivity index (χ0n) is 11.8. The molecule has 2 aromatic carbocycles. The van der Waals surface area contributed by atoms with Crippen molar-refractivity contribution in [3.8, 4) is 6.07 Å². The van der Waals surface area contributed by atoms with E-state index in [0.29, 0.717) is 6.42 Å². The molecule has 2 heteroatoms. The molecule has 1 fully saturated rings. The van der Waals surface area contributed by atoms with Gasteiger partial charge in [-0.2, -0.15) is 5.26 Å². The average Bonchev–Trinajstić information content (AvgIpc) is 2.57. The molecule has 0 heterocycles. The van der Waals surface area contributed by atoms with Crippen molar-refractivity contribution < 1.29 is 4.79 Å². The summed E-state index contributed by atoms with van der Waals surface area (Å²) in [6.45, 7) is 0. The third-order valence-corrected chi connectivity index (χ3v) is 4.47. The second kappa shape index (κ2) is 5.54. The van der Waals surface area contributed by atoms with Crippen LogP contribution in [-0.4, -0.2) is 5.78 Å². The number of ketones is 1. The standard InChI is InChI=1S/C19H17NO/c20-14-15-8-7-13-19(18(15)21,16-9-3-1-4-10-16)17-11-5-2-6-12-17/h1-6,9-12,15H,7-8,13H2/t15-/m0/s1. The SMILES string of the molecule is N#C[C@@H]1CCCC(c2ccccc2)(c2ccccc2)C1=O. The first-order valence-corrected chi connectivity index (χ1v) is 7.34. The van der Waals surface area contributed by atoms with Crippen molar-refractivity contribution in [3.63, 3.8) is 0 Å². The quantitative estimate of drug-likeness (QED) is 0.835. The van der Waals surface area contributed by atoms with E-state index in [9.17, 15) is 10.1 Å². The number of Topliss-reactive ketones (excluding diaryl/α,β-unsaturated/α-hetero) is 1. The molecule has 0 saturated heterocycles. The number of rotatable bonds is 2. The van der Waals surface area contributed by atoms with Gasteiger partial charge in [-0.15, -0.1) is 0 Å². The van der Waals surface area contributed by atoms with Gasteiger partial charge in [0.2, 0.25) is 0 Å². The van der Waals surface area contributed by atoms with E-state index >= 15 is 0 Å². The third kappa shape index (κ3) is 2.15. The lowest BCUT2D eigenvalue weighted by atomic mass is 9.61. The lowest BCUT2D eigenvalue weighted by Gasteiger charge is -2.38. The Morgan fingerprint density at radius 1 is 0.952 bits per heavy atom. The van der Waals surface area contributed by atoms with Crippen molar-refractivity contribution in [1.29, 1.82) is 5.26 Å². The molecule has 0 N–H and O–H groups in total. The van der Waals surface area contributed by atoms with Gasteiger partial charge >= 0.3 is 0 Å². The van der Waals surface area contributed by atoms with Crippen LogP contribution in [0.15, 0.2) is 60.7 Å². The normalized spacial score (nSPS) is 20.7. The molecule has 2 nitrogen and oxygen atoms in total. The molecule has 0 aromatic heterocycles. The highest BCUT2D eigenvalue weighted by Crippen LogP contribution is 2.44. The molecular formula is C19H17NO. The molecule has 0 unspecified atom stereocenters. The van der Waals surface area contributed by atoms with Crippen molar-refractivity contribution in [1.82, 2.24) is 0 Å². The van der Waals surface area contributed by atoms with Crippen LogP contribution < -0.4 is 0 Å². The van der Waals surface area contributed by atoms with Gasteiger partial charge in [0.05, 0.1) is 11.5 Å². The van der Waals surface area contributed by atoms with E-state index in [1.54, 1.807) is 0 Å². The van der Waals surface area contributed by atoms with Crippen LogP contribution in [0.4, 0.5) is 0 Å². The Kier molecular flexibility index (Phi) is 3.58. The molecule has 1 aliphatic rings. The van der Waals surface area contributed by atoms with Gasteiger partial charge in [-0.25, -0.2) is 0 Å². The predicted molar refractivity (Wildman–Crippen MR) is 81.6 cm³/mol. The Labute approximate surface area is 125 Å². The highest BCUT2D eigenvalue weighted by Gasteiger charge is 2.47. The molecule has 1 saturated carbocycles. The van der Waals surface area contributed by atoms with Crippen molar-refractivity contribution >= 4 is 5.78 Å². The van der Waals surface area contributed by atoms with Gasteiger partial charge in [0.15, 0.2) is 5.78 Å². The van der Waals surface area contributed by atoms with Crippen molar-refractivity contribution in [2.75, 3.05) is 0 Å². The lowest BCUT2D eigenvalue weighted by molar-refractivity contribution is -0.127. The Bertz CT molecular complexity index is 630. The third-order valence-electron chi connectivity index (χ3n) is 4.47. The number of carbonyl (C=O) groups is 1. The monoisotopic (exact) mass is 275 g/mol. The smallest absolute Gasteiger partial charge is 0.164 e. The minimum absolute atomic E-state index is 0.0497. The zero-order chi connectivity index (χ0) is 14.7. The molecule has 21 heavy (non-hydrogen) atoms. The van der Waals surface area contributed by atoms with Gasteiger partial charge in [-0.05, 0) is 24.0 Å². The van der Waals surface area contributed by atoms with Crippen molar-refractivity contribution in [2.24, 2.45) is 5.92 Å². The Balaban J connectivity index is 2.21. The highest BCUT2D eigenvalue weighted by molar-refractivity contribution is 5.97. The van der Waals surface area contributed by atoms with Crippen molar-refractivity contribution in [3.05, 3.63) is 71.8 Å². The molecule has 104 valence electrons. The summed E-state index contributed by atoms with van der Waals surface area (Å²) in [5, 5.41) is 9.32. The van der Waals surface area contributed by atoms with E-state index in [1.807, 2.05) is 60.7 Å². The van der Waals surface area contributed by atoms with Gasteiger partial charge in [-0.1, -0.05) is 67.1 Å². The number of benzene rings is 2. The fourth-order valence-electron chi connectivity index (χ4n) is 3.43. The minimum Gasteiger partial charge on any atom is -0.297 e. The molecule has 0 bridgehead atoms. The molecule has 0 radical (unpaired) electrons. The molecular weight excluding hydrogens is 258 g/mol. The molecule has 3 rings (SSSR count). The first kappa shape index (κ1) is 13.6. The fourth-order valence-corrected chi connectivity index (χ4v) is 3.43. The number of hydrogen-bond donors (Lipinski definition) is 0. The minimum atomic E-state index is -0.666. The van der Waals surface area contributed by atoms with Gasteiger partial charge in [0, 0.05) is 0 Å². The van der Waals surface area contributed by atoms with E-state index in [1.165, 1.54) is 0 Å². The Morgan fingerprint density at radius 2 is 1.48 bits per heavy atom. The predicted octanol–water partition coefficient (Wildman–Crippen LogP) is 3.87. The summed E-state index contributed by atoms with van der Waals surface area (Å²) in [7, 11) is 0. The largest absolute Gasteiger partial charge is 0.297 e. The molecule has 0 aliphatic heterocycles. The van der Waals surface area contributed by atoms with Crippen LogP contribution in [0.2, 0.25) is 0 Å². The van der Waals surface area contributed by atoms with Crippen LogP contribution in [0.5, 0.6) is 0 Å². The second-order valence-electron chi connectivity index (χ2n) is 5.58. The van der Waals surface area contributed by atoms with Gasteiger partial charge in [-0.3, -0.25) is 4.79 Å². The van der Waals surface area contributed by atoms with E-state index in [-0.39, 0.29) is 5.78 Å². The second-order valence-corrected chi connectivity index (χ2v) is 5.58. The van der Waals surface area contributed by atoms with Gasteiger partial charge in [0.1, 0.15) is 5.92 Å². The summed E-state index contributed by atoms with van der Waals surface area (Å²) in [5.41, 5.74) is 1.34. The lowest BCUT2D eigenvalue weighted by Crippen LogP contribution is -2.44. The van der Waals surface area contributed by atoms with E-state index < -0.39 is 11.3 Å². The van der Waals surface area contributed by atoms with Crippen LogP contribution in [0, 0.1) is 17.2 Å². The summed E-state index contributed by atoms with van der Waals surface area (Å²) in [6, 6.07) is 22.0. The van der Waals surface area contributed by atoms with Gasteiger partial charge in [0.25, 0.3) is 0 Å². The van der Waals surface area contributed by atoms with Gasteiger partial charge < -0.3 is 0 Å². The molecule has 0 spiro atoms. The van der Waals surface area contributed by atoms with Crippen LogP contribution in [0.3, 0.4) is 0 Å². The fraction of sp³-hybridized carbons (Fsp3) is 0.263. The summed E-state index contributed by atoms with van der Waals surface area (Å²) >= 11 is 0. The Hall–Kier alpha value is -2.40. The van der Waals surface area contributed by atoms with E-state index in [2.05, 4.69) is 6.07 Å². The number of nitrogens with zero attached hydrogens (tertiary/aromatic N) is 1. The van der Waals surface area contributed by atoms with Crippen LogP contribution >= 0.6 is 0 Å². The summed E-state index contributed by atoms with van der Waals surface area (Å²) in [5.74, 6) is -0.451. The summed E-state index contributed by atoms with van der Waals surface area (Å²) < 4.78 is 0. The van der Waals surface area contributed by atoms with Crippen molar-refractivity contribution in [2.45, 2.75) is 24.7 Å². The maximum absolute atomic E-state index is 13.1. The maximum atomic E-state index is 13.1. The molecule has 2 aromatic rings. The molecule has 1 atom stereocenters. The topological polar surface area (TPSA) is 40.9 Å². The highest BCUT2D eigenvalue weighted by atomic mass is 16.1. The van der Waals surface area contributed by atoms with E-state index in [4.69, 9.17) is 0 Å². The van der Waals surface area contributed by atoms with Crippen LogP contribution in [0.25, 0.3) is 0 Å². The zero-order valence-corrected chi connectivity index (χ0v) is 11.8. The van der Waals surface area contributed by atoms with E-state index in [0.717, 1.165) is 24.0 Å². The number of nitriles is 1. The van der Waals surface area contributed by atoms with Crippen LogP contribution in [0.1, 0.15) is 30.4 Å². The first-order chi connectivity index (χ1) is 10.3. The maximum Gasteiger partial charge on any atom is 0.164 e. The number of carbonyl (C=O) groups excluding carboxylic acids is 1. The van der Waals surface area contributed by atoms with Crippen LogP contribution in [-0.2, 0) is 10.2 Å². The first-order valence-electron chi connectivity index (χ1n) is 7.34. The number of hydrogen-bond acceptors (Lipinski definition) is 2. The molecule has 1 aliphatic carbocycles.